The molecule has 0 aromatic heterocycles. The highest BCUT2D eigenvalue weighted by atomic mass is 19.4. The van der Waals surface area contributed by atoms with E-state index < -0.39 is 29.5 Å². The highest BCUT2D eigenvalue weighted by molar-refractivity contribution is 5.69. The predicted molar refractivity (Wildman–Crippen MR) is 107 cm³/mol. The molecule has 2 aromatic rings. The fourth-order valence-electron chi connectivity index (χ4n) is 3.49. The summed E-state index contributed by atoms with van der Waals surface area (Å²) in [5, 5.41) is 0. The number of alkyl halides is 3. The Hall–Kier alpha value is -2.70. The van der Waals surface area contributed by atoms with Crippen LogP contribution in [-0.4, -0.2) is 23.1 Å². The van der Waals surface area contributed by atoms with Crippen molar-refractivity contribution in [3.8, 4) is 5.75 Å². The number of carbonyl (C=O) groups excluding carboxylic acids is 1. The lowest BCUT2D eigenvalue weighted by molar-refractivity contribution is -0.139. The van der Waals surface area contributed by atoms with Crippen LogP contribution < -0.4 is 4.74 Å². The average Bonchev–Trinajstić information content (AvgIpc) is 2.65. The summed E-state index contributed by atoms with van der Waals surface area (Å²) in [7, 11) is 0. The highest BCUT2D eigenvalue weighted by Crippen LogP contribution is 2.42. The van der Waals surface area contributed by atoms with Gasteiger partial charge in [0, 0.05) is 6.54 Å². The van der Waals surface area contributed by atoms with E-state index in [1.54, 1.807) is 56.9 Å². The van der Waals surface area contributed by atoms with E-state index in [-0.39, 0.29) is 12.4 Å². The summed E-state index contributed by atoms with van der Waals surface area (Å²) >= 11 is 0. The van der Waals surface area contributed by atoms with E-state index >= 15 is 0 Å². The van der Waals surface area contributed by atoms with Gasteiger partial charge in [-0.1, -0.05) is 30.3 Å². The van der Waals surface area contributed by atoms with Gasteiger partial charge in [-0.15, -0.1) is 0 Å². The van der Waals surface area contributed by atoms with Crippen molar-refractivity contribution in [2.24, 2.45) is 0 Å². The fourth-order valence-corrected chi connectivity index (χ4v) is 3.49. The molecular weight excluding hydrogens is 395 g/mol. The zero-order valence-corrected chi connectivity index (χ0v) is 17.5. The van der Waals surface area contributed by atoms with Gasteiger partial charge >= 0.3 is 12.3 Å². The molecule has 1 amide bonds. The Morgan fingerprint density at radius 1 is 1.13 bits per heavy atom. The van der Waals surface area contributed by atoms with E-state index in [0.29, 0.717) is 24.1 Å². The van der Waals surface area contributed by atoms with E-state index in [2.05, 4.69) is 0 Å². The lowest BCUT2D eigenvalue weighted by Gasteiger charge is -2.37. The zero-order chi connectivity index (χ0) is 22.1. The van der Waals surface area contributed by atoms with Crippen molar-refractivity contribution < 1.29 is 27.4 Å². The second-order valence-corrected chi connectivity index (χ2v) is 8.42. The summed E-state index contributed by atoms with van der Waals surface area (Å²) in [5.41, 5.74) is 0.535. The average molecular weight is 421 g/mol. The van der Waals surface area contributed by atoms with Crippen molar-refractivity contribution in [1.29, 1.82) is 0 Å². The maximum atomic E-state index is 13.7. The Morgan fingerprint density at radius 3 is 2.40 bits per heavy atom. The van der Waals surface area contributed by atoms with Gasteiger partial charge in [0.15, 0.2) is 0 Å². The van der Waals surface area contributed by atoms with Crippen molar-refractivity contribution in [2.75, 3.05) is 6.54 Å². The summed E-state index contributed by atoms with van der Waals surface area (Å²) < 4.78 is 52.0. The number of carbonyl (C=O) groups is 1. The van der Waals surface area contributed by atoms with Crippen molar-refractivity contribution >= 4 is 6.09 Å². The van der Waals surface area contributed by atoms with E-state index in [1.807, 2.05) is 6.07 Å². The van der Waals surface area contributed by atoms with Gasteiger partial charge < -0.3 is 14.4 Å². The largest absolute Gasteiger partial charge is 0.488 e. The molecule has 0 N–H and O–H groups in total. The Kier molecular flexibility index (Phi) is 6.01. The lowest BCUT2D eigenvalue weighted by Crippen LogP contribution is -2.42. The minimum atomic E-state index is -4.54. The smallest absolute Gasteiger partial charge is 0.419 e. The third-order valence-electron chi connectivity index (χ3n) is 4.95. The van der Waals surface area contributed by atoms with E-state index in [9.17, 15) is 18.0 Å². The first-order chi connectivity index (χ1) is 14.0. The number of amides is 1. The lowest BCUT2D eigenvalue weighted by atomic mass is 9.91. The van der Waals surface area contributed by atoms with Crippen LogP contribution in [0, 0.1) is 0 Å². The molecule has 1 aliphatic heterocycles. The summed E-state index contributed by atoms with van der Waals surface area (Å²) in [4.78, 5) is 14.1. The molecule has 2 aromatic carbocycles. The molecule has 4 nitrogen and oxygen atoms in total. The number of hydrogen-bond acceptors (Lipinski definition) is 3. The minimum Gasteiger partial charge on any atom is -0.488 e. The van der Waals surface area contributed by atoms with Gasteiger partial charge in [-0.25, -0.2) is 4.79 Å². The maximum absolute atomic E-state index is 13.7. The van der Waals surface area contributed by atoms with Crippen LogP contribution in [0.2, 0.25) is 0 Å². The molecule has 0 radical (unpaired) electrons. The Bertz CT molecular complexity index is 904. The third-order valence-corrected chi connectivity index (χ3v) is 4.95. The topological polar surface area (TPSA) is 38.8 Å². The molecule has 1 heterocycles. The molecule has 162 valence electrons. The van der Waals surface area contributed by atoms with E-state index in [0.717, 1.165) is 11.6 Å². The molecule has 1 atom stereocenters. The Balaban J connectivity index is 1.92. The molecule has 30 heavy (non-hydrogen) atoms. The van der Waals surface area contributed by atoms with E-state index in [1.165, 1.54) is 6.07 Å². The predicted octanol–water partition coefficient (Wildman–Crippen LogP) is 6.14. The first kappa shape index (κ1) is 22.0. The molecule has 3 rings (SSSR count). The van der Waals surface area contributed by atoms with Crippen LogP contribution in [0.5, 0.6) is 5.75 Å². The van der Waals surface area contributed by atoms with Crippen LogP contribution in [0.25, 0.3) is 0 Å². The van der Waals surface area contributed by atoms with Crippen molar-refractivity contribution in [1.82, 2.24) is 4.90 Å². The molecule has 0 saturated heterocycles. The Morgan fingerprint density at radius 2 is 1.80 bits per heavy atom. The molecule has 0 unspecified atom stereocenters. The zero-order valence-electron chi connectivity index (χ0n) is 17.5. The molecule has 0 bridgehead atoms. The second kappa shape index (κ2) is 8.20. The first-order valence-corrected chi connectivity index (χ1v) is 9.86. The summed E-state index contributed by atoms with van der Waals surface area (Å²) in [6.07, 6.45) is -4.69. The van der Waals surface area contributed by atoms with Gasteiger partial charge in [0.1, 0.15) is 18.0 Å². The quantitative estimate of drug-likeness (QED) is 0.598. The summed E-state index contributed by atoms with van der Waals surface area (Å²) in [6.45, 7) is 7.43. The summed E-state index contributed by atoms with van der Waals surface area (Å²) in [5.74, 6) is -0.233. The molecule has 7 heteroatoms. The molecule has 0 fully saturated rings. The van der Waals surface area contributed by atoms with Crippen LogP contribution in [0.4, 0.5) is 18.0 Å². The third kappa shape index (κ3) is 5.07. The molecule has 0 aliphatic carbocycles. The number of hydrogen-bond donors (Lipinski definition) is 0. The van der Waals surface area contributed by atoms with Gasteiger partial charge in [0.25, 0.3) is 0 Å². The van der Waals surface area contributed by atoms with Gasteiger partial charge in [-0.2, -0.15) is 13.2 Å². The normalized spacial score (nSPS) is 16.8. The van der Waals surface area contributed by atoms with Crippen molar-refractivity contribution in [2.45, 2.75) is 58.5 Å². The molecule has 0 saturated carbocycles. The van der Waals surface area contributed by atoms with Crippen molar-refractivity contribution in [3.05, 3.63) is 64.7 Å². The number of halogens is 3. The number of fused-ring (bicyclic) bond motifs is 1. The fraction of sp³-hybridized carbons (Fsp3) is 0.435. The number of ether oxygens (including phenoxy) is 2. The maximum Gasteiger partial charge on any atom is 0.419 e. The van der Waals surface area contributed by atoms with Crippen LogP contribution in [0.15, 0.2) is 42.5 Å². The van der Waals surface area contributed by atoms with Crippen LogP contribution in [-0.2, 0) is 23.9 Å². The van der Waals surface area contributed by atoms with Gasteiger partial charge in [-0.05, 0) is 62.9 Å². The van der Waals surface area contributed by atoms with Crippen LogP contribution >= 0.6 is 0 Å². The number of benzene rings is 2. The number of nitrogens with zero attached hydrogens (tertiary/aromatic N) is 1. The van der Waals surface area contributed by atoms with Gasteiger partial charge in [0.05, 0.1) is 11.6 Å². The van der Waals surface area contributed by atoms with Gasteiger partial charge in [0.2, 0.25) is 0 Å². The minimum absolute atomic E-state index is 0.0207. The Labute approximate surface area is 174 Å². The standard InChI is InChI=1S/C23H26F3NO3/c1-15-18-13-20(29-14-16-8-6-5-7-9-16)19(23(24,25)26)12-17(18)10-11-27(15)21(28)30-22(2,3)4/h5-9,12-13,15H,10-11,14H2,1-4H3/t15-/m1/s1. The van der Waals surface area contributed by atoms with Gasteiger partial charge in [-0.3, -0.25) is 0 Å². The number of rotatable bonds is 3. The molecule has 0 spiro atoms. The SMILES string of the molecule is C[C@@H]1c2cc(OCc3ccccc3)c(C(F)(F)F)cc2CCN1C(=O)OC(C)(C)C. The van der Waals surface area contributed by atoms with Crippen LogP contribution in [0.3, 0.4) is 0 Å². The molecule has 1 aliphatic rings. The van der Waals surface area contributed by atoms with Crippen LogP contribution in [0.1, 0.15) is 56.0 Å². The second-order valence-electron chi connectivity index (χ2n) is 8.42. The van der Waals surface area contributed by atoms with E-state index in [4.69, 9.17) is 9.47 Å². The van der Waals surface area contributed by atoms with Crippen molar-refractivity contribution in [3.63, 3.8) is 0 Å². The molecular formula is C23H26F3NO3. The highest BCUT2D eigenvalue weighted by Gasteiger charge is 2.38. The first-order valence-electron chi connectivity index (χ1n) is 9.86. The monoisotopic (exact) mass is 421 g/mol. The summed E-state index contributed by atoms with van der Waals surface area (Å²) in [6, 6.07) is 11.2.